The minimum Gasteiger partial charge on any atom is -0.462 e. The van der Waals surface area contributed by atoms with E-state index < -0.39 is 6.10 Å². The molecule has 0 aromatic heterocycles. The molecule has 0 aromatic carbocycles. The van der Waals surface area contributed by atoms with E-state index in [-0.39, 0.29) is 31.1 Å². The highest BCUT2D eigenvalue weighted by Crippen LogP contribution is 2.14. The van der Waals surface area contributed by atoms with Crippen LogP contribution in [-0.4, -0.2) is 37.2 Å². The molecule has 62 heavy (non-hydrogen) atoms. The summed E-state index contributed by atoms with van der Waals surface area (Å²) in [6.07, 6.45) is 63.1. The van der Waals surface area contributed by atoms with Crippen molar-refractivity contribution in [3.05, 3.63) is 72.9 Å². The Morgan fingerprint density at radius 3 is 1.03 bits per heavy atom. The highest BCUT2D eigenvalue weighted by molar-refractivity contribution is 5.71. The van der Waals surface area contributed by atoms with Crippen LogP contribution >= 0.6 is 0 Å². The Morgan fingerprint density at radius 2 is 0.629 bits per heavy atom. The molecule has 0 aliphatic rings. The summed E-state index contributed by atoms with van der Waals surface area (Å²) in [4.78, 5) is 37.9. The van der Waals surface area contributed by atoms with Gasteiger partial charge in [0.25, 0.3) is 0 Å². The third-order valence-electron chi connectivity index (χ3n) is 10.9. The summed E-state index contributed by atoms with van der Waals surface area (Å²) in [5.41, 5.74) is 0. The van der Waals surface area contributed by atoms with Gasteiger partial charge in [-0.1, -0.05) is 209 Å². The van der Waals surface area contributed by atoms with Crippen LogP contribution in [0.2, 0.25) is 0 Å². The number of ether oxygens (including phenoxy) is 3. The van der Waals surface area contributed by atoms with Gasteiger partial charge in [-0.3, -0.25) is 14.4 Å². The zero-order valence-electron chi connectivity index (χ0n) is 40.6. The maximum absolute atomic E-state index is 12.8. The number of rotatable bonds is 46. The van der Waals surface area contributed by atoms with Crippen LogP contribution < -0.4 is 0 Å². The Bertz CT molecular complexity index is 1180. The summed E-state index contributed by atoms with van der Waals surface area (Å²) in [5, 5.41) is 0. The molecule has 0 saturated carbocycles. The molecule has 0 bridgehead atoms. The predicted molar refractivity (Wildman–Crippen MR) is 265 cm³/mol. The summed E-state index contributed by atoms with van der Waals surface area (Å²) in [6, 6.07) is 0. The van der Waals surface area contributed by atoms with Crippen molar-refractivity contribution in [1.29, 1.82) is 0 Å². The molecule has 0 rings (SSSR count). The lowest BCUT2D eigenvalue weighted by Crippen LogP contribution is -2.30. The summed E-state index contributed by atoms with van der Waals surface area (Å²) in [5.74, 6) is -0.928. The number of allylic oxidation sites excluding steroid dienone is 12. The van der Waals surface area contributed by atoms with E-state index in [9.17, 15) is 14.4 Å². The van der Waals surface area contributed by atoms with Crippen molar-refractivity contribution in [3.63, 3.8) is 0 Å². The molecule has 0 aliphatic carbocycles. The highest BCUT2D eigenvalue weighted by Gasteiger charge is 2.19. The molecule has 1 atom stereocenters. The molecule has 0 saturated heterocycles. The van der Waals surface area contributed by atoms with Crippen molar-refractivity contribution in [3.8, 4) is 0 Å². The van der Waals surface area contributed by atoms with E-state index >= 15 is 0 Å². The molecule has 6 nitrogen and oxygen atoms in total. The average Bonchev–Trinajstić information content (AvgIpc) is 3.27. The van der Waals surface area contributed by atoms with Crippen LogP contribution in [0.4, 0.5) is 0 Å². The Balaban J connectivity index is 4.43. The summed E-state index contributed by atoms with van der Waals surface area (Å²) in [6.45, 7) is 6.47. The second-order valence-corrected chi connectivity index (χ2v) is 17.1. The topological polar surface area (TPSA) is 78.9 Å². The van der Waals surface area contributed by atoms with Gasteiger partial charge >= 0.3 is 17.9 Å². The zero-order valence-corrected chi connectivity index (χ0v) is 40.6. The quantitative estimate of drug-likeness (QED) is 0.0262. The van der Waals surface area contributed by atoms with Crippen LogP contribution in [0, 0.1) is 0 Å². The van der Waals surface area contributed by atoms with E-state index in [0.717, 1.165) is 109 Å². The van der Waals surface area contributed by atoms with Crippen molar-refractivity contribution in [2.75, 3.05) is 13.2 Å². The first-order chi connectivity index (χ1) is 30.5. The first-order valence-corrected chi connectivity index (χ1v) is 25.9. The Labute approximate surface area is 382 Å². The molecule has 0 fully saturated rings. The molecule has 0 aliphatic heterocycles. The zero-order chi connectivity index (χ0) is 45.1. The molecule has 6 heteroatoms. The molecule has 0 aromatic rings. The first kappa shape index (κ1) is 58.9. The predicted octanol–water partition coefficient (Wildman–Crippen LogP) is 17.0. The van der Waals surface area contributed by atoms with Gasteiger partial charge in [0.2, 0.25) is 0 Å². The fourth-order valence-electron chi connectivity index (χ4n) is 7.05. The monoisotopic (exact) mass is 865 g/mol. The molecule has 0 radical (unpaired) electrons. The van der Waals surface area contributed by atoms with Gasteiger partial charge in [-0.25, -0.2) is 0 Å². The number of carbonyl (C=O) groups excluding carboxylic acids is 3. The van der Waals surface area contributed by atoms with E-state index in [0.29, 0.717) is 19.3 Å². The number of unbranched alkanes of at least 4 members (excludes halogenated alkanes) is 23. The average molecular weight is 865 g/mol. The molecule has 0 amide bonds. The molecule has 0 spiro atoms. The standard InChI is InChI=1S/C56H96O6/c1-4-7-10-13-16-19-22-25-26-27-28-29-30-32-34-37-40-43-46-49-55(58)61-52-53(51-60-54(57)48-45-42-39-36-33-24-21-18-15-12-9-6-3)62-56(59)50-47-44-41-38-35-31-23-20-17-14-11-8-5-2/h7,10,16,19-20,23,25-26,28-29,32,34,53H,4-6,8-9,11-15,17-18,21-22,24,27,30-31,33,35-52H2,1-3H3/b10-7-,19-16-,23-20-,26-25-,29-28-,34-32-/t53-/m0/s1. The van der Waals surface area contributed by atoms with E-state index in [1.165, 1.54) is 96.3 Å². The summed E-state index contributed by atoms with van der Waals surface area (Å²) < 4.78 is 16.8. The summed E-state index contributed by atoms with van der Waals surface area (Å²) in [7, 11) is 0. The third-order valence-corrected chi connectivity index (χ3v) is 10.9. The Hall–Kier alpha value is -3.15. The second kappa shape index (κ2) is 50.5. The van der Waals surface area contributed by atoms with Crippen LogP contribution in [0.15, 0.2) is 72.9 Å². The number of hydrogen-bond donors (Lipinski definition) is 0. The van der Waals surface area contributed by atoms with Gasteiger partial charge in [-0.05, 0) is 89.9 Å². The lowest BCUT2D eigenvalue weighted by Gasteiger charge is -2.18. The lowest BCUT2D eigenvalue weighted by atomic mass is 10.0. The molecular formula is C56H96O6. The van der Waals surface area contributed by atoms with E-state index in [1.807, 2.05) is 0 Å². The number of hydrogen-bond acceptors (Lipinski definition) is 6. The first-order valence-electron chi connectivity index (χ1n) is 25.9. The lowest BCUT2D eigenvalue weighted by molar-refractivity contribution is -0.167. The molecule has 0 N–H and O–H groups in total. The Kier molecular flexibility index (Phi) is 47.9. The molecule has 0 unspecified atom stereocenters. The van der Waals surface area contributed by atoms with E-state index in [4.69, 9.17) is 14.2 Å². The van der Waals surface area contributed by atoms with Gasteiger partial charge in [-0.15, -0.1) is 0 Å². The van der Waals surface area contributed by atoms with Crippen molar-refractivity contribution in [1.82, 2.24) is 0 Å². The van der Waals surface area contributed by atoms with Gasteiger partial charge in [0.15, 0.2) is 6.10 Å². The number of carbonyl (C=O) groups is 3. The van der Waals surface area contributed by atoms with Crippen LogP contribution in [0.1, 0.15) is 245 Å². The van der Waals surface area contributed by atoms with Crippen LogP contribution in [-0.2, 0) is 28.6 Å². The Morgan fingerprint density at radius 1 is 0.339 bits per heavy atom. The highest BCUT2D eigenvalue weighted by atomic mass is 16.6. The summed E-state index contributed by atoms with van der Waals surface area (Å²) >= 11 is 0. The smallest absolute Gasteiger partial charge is 0.306 e. The van der Waals surface area contributed by atoms with Crippen molar-refractivity contribution < 1.29 is 28.6 Å². The van der Waals surface area contributed by atoms with Gasteiger partial charge in [0.05, 0.1) is 0 Å². The van der Waals surface area contributed by atoms with E-state index in [1.54, 1.807) is 0 Å². The third kappa shape index (κ3) is 47.9. The van der Waals surface area contributed by atoms with Gasteiger partial charge < -0.3 is 14.2 Å². The van der Waals surface area contributed by atoms with Crippen LogP contribution in [0.25, 0.3) is 0 Å². The van der Waals surface area contributed by atoms with Crippen molar-refractivity contribution >= 4 is 17.9 Å². The fraction of sp³-hybridized carbons (Fsp3) is 0.732. The molecule has 0 heterocycles. The normalized spacial score (nSPS) is 12.6. The van der Waals surface area contributed by atoms with E-state index in [2.05, 4.69) is 93.7 Å². The maximum Gasteiger partial charge on any atom is 0.306 e. The van der Waals surface area contributed by atoms with Gasteiger partial charge in [0, 0.05) is 19.3 Å². The maximum atomic E-state index is 12.8. The molecule has 356 valence electrons. The minimum atomic E-state index is -0.790. The molecular weight excluding hydrogens is 769 g/mol. The second-order valence-electron chi connectivity index (χ2n) is 17.1. The van der Waals surface area contributed by atoms with Gasteiger partial charge in [-0.2, -0.15) is 0 Å². The minimum absolute atomic E-state index is 0.0878. The largest absolute Gasteiger partial charge is 0.462 e. The number of esters is 3. The van der Waals surface area contributed by atoms with Crippen LogP contribution in [0.3, 0.4) is 0 Å². The van der Waals surface area contributed by atoms with Crippen molar-refractivity contribution in [2.45, 2.75) is 252 Å². The van der Waals surface area contributed by atoms with Crippen LogP contribution in [0.5, 0.6) is 0 Å². The van der Waals surface area contributed by atoms with Crippen molar-refractivity contribution in [2.24, 2.45) is 0 Å². The fourth-order valence-corrected chi connectivity index (χ4v) is 7.05. The SMILES string of the molecule is CC/C=C\C/C=C\C/C=C\C/C=C\C/C=C\CCCCCC(=O)OC[C@H](COC(=O)CCCCCCCCCCCCCC)OC(=O)CCCCCCC/C=C\CCCCCC. The van der Waals surface area contributed by atoms with Gasteiger partial charge in [0.1, 0.15) is 13.2 Å².